The molecule has 0 spiro atoms. The summed E-state index contributed by atoms with van der Waals surface area (Å²) < 4.78 is 29.2. The van der Waals surface area contributed by atoms with E-state index in [1.807, 2.05) is 26.0 Å². The highest BCUT2D eigenvalue weighted by atomic mass is 32.2. The molecule has 22 heavy (non-hydrogen) atoms. The normalized spacial score (nSPS) is 20.2. The number of benzene rings is 1. The van der Waals surface area contributed by atoms with Gasteiger partial charge in [-0.15, -0.1) is 5.10 Å². The molecule has 0 N–H and O–H groups in total. The van der Waals surface area contributed by atoms with Gasteiger partial charge in [-0.05, 0) is 38.3 Å². The molecule has 3 rings (SSSR count). The predicted octanol–water partition coefficient (Wildman–Crippen LogP) is 1.92. The van der Waals surface area contributed by atoms with E-state index in [0.29, 0.717) is 18.0 Å². The molecule has 1 atom stereocenters. The number of aromatic nitrogens is 3. The molecule has 0 bridgehead atoms. The molecule has 1 aromatic carbocycles. The standard InChI is InChI=1S/C15H20N4O2S/c1-12-5-6-15(13(2)10-12)22(20,21)18-8-3-4-14(11-18)19-9-7-16-17-19/h5-7,9-10,14H,3-4,8,11H2,1-2H3. The minimum atomic E-state index is -3.46. The fourth-order valence-electron chi connectivity index (χ4n) is 3.00. The van der Waals surface area contributed by atoms with E-state index in [2.05, 4.69) is 10.3 Å². The van der Waals surface area contributed by atoms with Crippen LogP contribution in [0.4, 0.5) is 0 Å². The fraction of sp³-hybridized carbons (Fsp3) is 0.467. The summed E-state index contributed by atoms with van der Waals surface area (Å²) in [6, 6.07) is 5.51. The molecule has 1 saturated heterocycles. The Balaban J connectivity index is 1.88. The summed E-state index contributed by atoms with van der Waals surface area (Å²) in [6.45, 7) is 4.81. The first-order valence-electron chi connectivity index (χ1n) is 7.41. The van der Waals surface area contributed by atoms with Gasteiger partial charge in [0.05, 0.1) is 17.1 Å². The van der Waals surface area contributed by atoms with Crippen molar-refractivity contribution in [2.45, 2.75) is 37.6 Å². The molecule has 1 unspecified atom stereocenters. The SMILES string of the molecule is Cc1ccc(S(=O)(=O)N2CCCC(n3ccnn3)C2)c(C)c1. The number of rotatable bonds is 3. The van der Waals surface area contributed by atoms with Crippen LogP contribution in [0.3, 0.4) is 0 Å². The number of nitrogens with zero attached hydrogens (tertiary/aromatic N) is 4. The molecule has 1 aromatic heterocycles. The Morgan fingerprint density at radius 3 is 2.77 bits per heavy atom. The van der Waals surface area contributed by atoms with Crippen molar-refractivity contribution in [1.29, 1.82) is 0 Å². The zero-order chi connectivity index (χ0) is 15.7. The van der Waals surface area contributed by atoms with Crippen molar-refractivity contribution in [3.05, 3.63) is 41.7 Å². The van der Waals surface area contributed by atoms with Crippen LogP contribution in [0.25, 0.3) is 0 Å². The van der Waals surface area contributed by atoms with Crippen molar-refractivity contribution < 1.29 is 8.42 Å². The molecule has 2 heterocycles. The van der Waals surface area contributed by atoms with Crippen molar-refractivity contribution in [2.24, 2.45) is 0 Å². The molecule has 0 aliphatic carbocycles. The van der Waals surface area contributed by atoms with Crippen LogP contribution >= 0.6 is 0 Å². The first-order chi connectivity index (χ1) is 10.5. The molecule has 118 valence electrons. The average Bonchev–Trinajstić information content (AvgIpc) is 3.01. The van der Waals surface area contributed by atoms with Crippen molar-refractivity contribution in [1.82, 2.24) is 19.3 Å². The summed E-state index contributed by atoms with van der Waals surface area (Å²) in [4.78, 5) is 0.400. The van der Waals surface area contributed by atoms with Gasteiger partial charge in [-0.25, -0.2) is 13.1 Å². The maximum Gasteiger partial charge on any atom is 0.243 e. The van der Waals surface area contributed by atoms with Crippen molar-refractivity contribution >= 4 is 10.0 Å². The minimum absolute atomic E-state index is 0.0526. The van der Waals surface area contributed by atoms with Gasteiger partial charge in [-0.2, -0.15) is 4.31 Å². The fourth-order valence-corrected chi connectivity index (χ4v) is 4.72. The van der Waals surface area contributed by atoms with Crippen LogP contribution in [0.5, 0.6) is 0 Å². The van der Waals surface area contributed by atoms with Crippen LogP contribution in [0.2, 0.25) is 0 Å². The van der Waals surface area contributed by atoms with E-state index in [4.69, 9.17) is 0 Å². The molecule has 0 radical (unpaired) electrons. The molecule has 1 aliphatic rings. The number of piperidine rings is 1. The lowest BCUT2D eigenvalue weighted by atomic mass is 10.1. The number of aryl methyl sites for hydroxylation is 2. The maximum atomic E-state index is 12.9. The predicted molar refractivity (Wildman–Crippen MR) is 83.0 cm³/mol. The van der Waals surface area contributed by atoms with Gasteiger partial charge in [0.2, 0.25) is 10.0 Å². The lowest BCUT2D eigenvalue weighted by Gasteiger charge is -2.32. The third-order valence-corrected chi connectivity index (χ3v) is 6.15. The lowest BCUT2D eigenvalue weighted by Crippen LogP contribution is -2.41. The van der Waals surface area contributed by atoms with Crippen LogP contribution in [0.15, 0.2) is 35.5 Å². The highest BCUT2D eigenvalue weighted by molar-refractivity contribution is 7.89. The van der Waals surface area contributed by atoms with E-state index in [9.17, 15) is 8.42 Å². The quantitative estimate of drug-likeness (QED) is 0.866. The Morgan fingerprint density at radius 2 is 2.09 bits per heavy atom. The lowest BCUT2D eigenvalue weighted by molar-refractivity contribution is 0.251. The second kappa shape index (κ2) is 5.81. The van der Waals surface area contributed by atoms with Crippen LogP contribution < -0.4 is 0 Å². The summed E-state index contributed by atoms with van der Waals surface area (Å²) in [7, 11) is -3.46. The first kappa shape index (κ1) is 15.2. The van der Waals surface area contributed by atoms with E-state index in [1.165, 1.54) is 0 Å². The Labute approximate surface area is 130 Å². The zero-order valence-electron chi connectivity index (χ0n) is 12.8. The average molecular weight is 320 g/mol. The molecule has 6 nitrogen and oxygen atoms in total. The number of hydrogen-bond donors (Lipinski definition) is 0. The molecular weight excluding hydrogens is 300 g/mol. The van der Waals surface area contributed by atoms with Gasteiger partial charge in [-0.1, -0.05) is 22.9 Å². The third kappa shape index (κ3) is 2.78. The highest BCUT2D eigenvalue weighted by Crippen LogP contribution is 2.27. The van der Waals surface area contributed by atoms with Gasteiger partial charge in [-0.3, -0.25) is 0 Å². The minimum Gasteiger partial charge on any atom is -0.248 e. The van der Waals surface area contributed by atoms with Gasteiger partial charge in [0.25, 0.3) is 0 Å². The second-order valence-electron chi connectivity index (χ2n) is 5.81. The van der Waals surface area contributed by atoms with Gasteiger partial charge in [0, 0.05) is 19.3 Å². The summed E-state index contributed by atoms with van der Waals surface area (Å²) in [5.41, 5.74) is 1.86. The van der Waals surface area contributed by atoms with Crippen molar-refractivity contribution in [3.63, 3.8) is 0 Å². The highest BCUT2D eigenvalue weighted by Gasteiger charge is 2.32. The monoisotopic (exact) mass is 320 g/mol. The molecule has 2 aromatic rings. The summed E-state index contributed by atoms with van der Waals surface area (Å²) in [6.07, 6.45) is 5.16. The van der Waals surface area contributed by atoms with Crippen LogP contribution in [-0.2, 0) is 10.0 Å². The van der Waals surface area contributed by atoms with Gasteiger partial charge >= 0.3 is 0 Å². The zero-order valence-corrected chi connectivity index (χ0v) is 13.6. The van der Waals surface area contributed by atoms with Crippen molar-refractivity contribution in [3.8, 4) is 0 Å². The van der Waals surface area contributed by atoms with Gasteiger partial charge < -0.3 is 0 Å². The molecule has 1 aliphatic heterocycles. The Hall–Kier alpha value is -1.73. The van der Waals surface area contributed by atoms with E-state index >= 15 is 0 Å². The van der Waals surface area contributed by atoms with E-state index in [1.54, 1.807) is 27.4 Å². The van der Waals surface area contributed by atoms with E-state index in [-0.39, 0.29) is 6.04 Å². The molecule has 1 fully saturated rings. The second-order valence-corrected chi connectivity index (χ2v) is 7.72. The smallest absolute Gasteiger partial charge is 0.243 e. The summed E-state index contributed by atoms with van der Waals surface area (Å²) in [5.74, 6) is 0. The Kier molecular flexibility index (Phi) is 4.01. The third-order valence-electron chi connectivity index (χ3n) is 4.12. The number of hydrogen-bond acceptors (Lipinski definition) is 4. The van der Waals surface area contributed by atoms with Crippen molar-refractivity contribution in [2.75, 3.05) is 13.1 Å². The van der Waals surface area contributed by atoms with E-state index in [0.717, 1.165) is 24.0 Å². The summed E-state index contributed by atoms with van der Waals surface area (Å²) >= 11 is 0. The maximum absolute atomic E-state index is 12.9. The molecular formula is C15H20N4O2S. The van der Waals surface area contributed by atoms with Crippen LogP contribution in [0.1, 0.15) is 30.0 Å². The summed E-state index contributed by atoms with van der Waals surface area (Å²) in [5, 5.41) is 7.82. The number of sulfonamides is 1. The Morgan fingerprint density at radius 1 is 1.27 bits per heavy atom. The first-order valence-corrected chi connectivity index (χ1v) is 8.86. The van der Waals surface area contributed by atoms with Crippen LogP contribution in [-0.4, -0.2) is 40.8 Å². The van der Waals surface area contributed by atoms with Crippen LogP contribution in [0, 0.1) is 13.8 Å². The molecule has 0 saturated carbocycles. The van der Waals surface area contributed by atoms with Gasteiger partial charge in [0.1, 0.15) is 0 Å². The topological polar surface area (TPSA) is 68.1 Å². The van der Waals surface area contributed by atoms with E-state index < -0.39 is 10.0 Å². The molecule has 7 heteroatoms. The molecule has 0 amide bonds. The van der Waals surface area contributed by atoms with Gasteiger partial charge in [0.15, 0.2) is 0 Å². The Bertz CT molecular complexity index is 756. The largest absolute Gasteiger partial charge is 0.248 e.